The van der Waals surface area contributed by atoms with Gasteiger partial charge in [0.05, 0.1) is 25.5 Å². The van der Waals surface area contributed by atoms with Crippen LogP contribution in [-0.2, 0) is 9.59 Å². The van der Waals surface area contributed by atoms with E-state index in [9.17, 15) is 14.7 Å². The average molecular weight is 491 g/mol. The Kier molecular flexibility index (Phi) is 6.63. The summed E-state index contributed by atoms with van der Waals surface area (Å²) in [4.78, 5) is 34.8. The van der Waals surface area contributed by atoms with Crippen molar-refractivity contribution < 1.29 is 24.2 Å². The first-order valence-electron chi connectivity index (χ1n) is 12.4. The van der Waals surface area contributed by atoms with Crippen LogP contribution >= 0.6 is 0 Å². The van der Waals surface area contributed by atoms with Crippen LogP contribution in [0, 0.1) is 5.41 Å². The second-order valence-corrected chi connectivity index (χ2v) is 9.39. The maximum Gasteiger partial charge on any atom is 0.331 e. The van der Waals surface area contributed by atoms with E-state index in [4.69, 9.17) is 9.47 Å². The normalized spacial score (nSPS) is 22.9. The summed E-state index contributed by atoms with van der Waals surface area (Å²) in [6, 6.07) is 7.68. The number of para-hydroxylation sites is 2. The van der Waals surface area contributed by atoms with E-state index in [1.807, 2.05) is 37.3 Å². The average Bonchev–Trinajstić information content (AvgIpc) is 3.47. The lowest BCUT2D eigenvalue weighted by atomic mass is 10.0. The van der Waals surface area contributed by atoms with Crippen LogP contribution in [0.15, 0.2) is 60.0 Å². The van der Waals surface area contributed by atoms with Crippen LogP contribution in [0.2, 0.25) is 0 Å². The zero-order chi connectivity index (χ0) is 25.1. The molecule has 1 aliphatic heterocycles. The fourth-order valence-electron chi connectivity index (χ4n) is 5.11. The van der Waals surface area contributed by atoms with Gasteiger partial charge in [-0.05, 0) is 56.7 Å². The van der Waals surface area contributed by atoms with Crippen molar-refractivity contribution in [2.45, 2.75) is 45.1 Å². The van der Waals surface area contributed by atoms with Gasteiger partial charge in [0.2, 0.25) is 5.91 Å². The summed E-state index contributed by atoms with van der Waals surface area (Å²) in [5, 5.41) is 12.0. The minimum Gasteiger partial charge on any atom is -0.490 e. The number of carboxylic acid groups (broad SMARTS) is 1. The molecule has 1 saturated heterocycles. The molecule has 2 aromatic rings. The van der Waals surface area contributed by atoms with Crippen molar-refractivity contribution in [2.24, 2.45) is 5.41 Å². The summed E-state index contributed by atoms with van der Waals surface area (Å²) >= 11 is 0. The predicted octanol–water partition coefficient (Wildman–Crippen LogP) is 3.98. The van der Waals surface area contributed by atoms with Crippen molar-refractivity contribution in [3.8, 4) is 11.5 Å². The van der Waals surface area contributed by atoms with Crippen LogP contribution in [0.25, 0.3) is 0 Å². The number of aromatic nitrogens is 2. The van der Waals surface area contributed by atoms with Crippen LogP contribution in [0.4, 0.5) is 11.6 Å². The third-order valence-electron chi connectivity index (χ3n) is 6.98. The number of carbonyl (C=O) groups excluding carboxylic acids is 1. The number of fused-ring (bicyclic) bond motifs is 1. The van der Waals surface area contributed by atoms with E-state index in [1.54, 1.807) is 6.20 Å². The molecule has 1 aromatic heterocycles. The van der Waals surface area contributed by atoms with Crippen LogP contribution in [0.3, 0.4) is 0 Å². The molecule has 1 amide bonds. The van der Waals surface area contributed by atoms with Gasteiger partial charge in [-0.25, -0.2) is 9.78 Å². The summed E-state index contributed by atoms with van der Waals surface area (Å²) < 4.78 is 12.0. The number of piperidine rings is 1. The van der Waals surface area contributed by atoms with Crippen molar-refractivity contribution in [3.05, 3.63) is 60.0 Å². The van der Waals surface area contributed by atoms with Crippen molar-refractivity contribution in [3.63, 3.8) is 0 Å². The fourth-order valence-corrected chi connectivity index (χ4v) is 5.11. The lowest BCUT2D eigenvalue weighted by molar-refractivity contribution is -0.132. The number of hydrogen-bond acceptors (Lipinski definition) is 7. The number of ether oxygens (including phenoxy) is 2. The molecule has 2 heterocycles. The molecule has 2 N–H and O–H groups in total. The van der Waals surface area contributed by atoms with Gasteiger partial charge >= 0.3 is 5.97 Å². The highest BCUT2D eigenvalue weighted by molar-refractivity contribution is 5.99. The Hall–Kier alpha value is -3.88. The van der Waals surface area contributed by atoms with Crippen molar-refractivity contribution in [2.75, 3.05) is 29.9 Å². The monoisotopic (exact) mass is 490 g/mol. The first kappa shape index (κ1) is 23.8. The molecular weight excluding hydrogens is 460 g/mol. The van der Waals surface area contributed by atoms with Crippen molar-refractivity contribution in [1.82, 2.24) is 9.97 Å². The SMILES string of the molecule is CCOc1ccccc1O[C@@H]1CCCN(c2cncc(NC(=O)/C=C/C34CCC(C(=O)O)=C3C4)n2)C1. The predicted molar refractivity (Wildman–Crippen MR) is 134 cm³/mol. The number of amides is 1. The molecule has 0 bridgehead atoms. The van der Waals surface area contributed by atoms with Gasteiger partial charge in [-0.3, -0.25) is 9.78 Å². The van der Waals surface area contributed by atoms with Crippen molar-refractivity contribution >= 4 is 23.5 Å². The molecule has 9 nitrogen and oxygen atoms in total. The highest BCUT2D eigenvalue weighted by Gasteiger charge is 2.53. The first-order chi connectivity index (χ1) is 17.5. The van der Waals surface area contributed by atoms with E-state index in [-0.39, 0.29) is 17.4 Å². The maximum absolute atomic E-state index is 12.5. The van der Waals surface area contributed by atoms with E-state index in [0.717, 1.165) is 49.3 Å². The highest BCUT2D eigenvalue weighted by atomic mass is 16.5. The minimum absolute atomic E-state index is 0.0227. The molecule has 188 valence electrons. The second kappa shape index (κ2) is 10.0. The summed E-state index contributed by atoms with van der Waals surface area (Å²) in [5.74, 6) is 1.36. The molecule has 36 heavy (non-hydrogen) atoms. The van der Waals surface area contributed by atoms with Crippen LogP contribution in [0.5, 0.6) is 11.5 Å². The fraction of sp³-hybridized carbons (Fsp3) is 0.407. The number of nitrogens with zero attached hydrogens (tertiary/aromatic N) is 3. The number of rotatable bonds is 9. The van der Waals surface area contributed by atoms with Gasteiger partial charge in [-0.15, -0.1) is 0 Å². The van der Waals surface area contributed by atoms with Gasteiger partial charge in [0.15, 0.2) is 17.3 Å². The largest absolute Gasteiger partial charge is 0.490 e. The van der Waals surface area contributed by atoms with Gasteiger partial charge in [0.1, 0.15) is 11.9 Å². The molecule has 5 rings (SSSR count). The van der Waals surface area contributed by atoms with Gasteiger partial charge in [0.25, 0.3) is 0 Å². The number of carbonyl (C=O) groups is 2. The summed E-state index contributed by atoms with van der Waals surface area (Å²) in [7, 11) is 0. The third kappa shape index (κ3) is 5.05. The van der Waals surface area contributed by atoms with E-state index in [0.29, 0.717) is 36.8 Å². The number of allylic oxidation sites excluding steroid dienone is 2. The molecule has 2 fully saturated rings. The van der Waals surface area contributed by atoms with E-state index < -0.39 is 5.97 Å². The summed E-state index contributed by atoms with van der Waals surface area (Å²) in [6.07, 6.45) is 10.4. The van der Waals surface area contributed by atoms with Gasteiger partial charge in [0, 0.05) is 23.6 Å². The zero-order valence-electron chi connectivity index (χ0n) is 20.3. The molecule has 9 heteroatoms. The molecule has 2 atom stereocenters. The quantitative estimate of drug-likeness (QED) is 0.508. The van der Waals surface area contributed by atoms with Crippen molar-refractivity contribution in [1.29, 1.82) is 0 Å². The summed E-state index contributed by atoms with van der Waals surface area (Å²) in [5.41, 5.74) is 1.21. The Morgan fingerprint density at radius 1 is 1.28 bits per heavy atom. The van der Waals surface area contributed by atoms with Crippen LogP contribution in [-0.4, -0.2) is 52.8 Å². The molecule has 1 saturated carbocycles. The topological polar surface area (TPSA) is 114 Å². The van der Waals surface area contributed by atoms with E-state index in [2.05, 4.69) is 20.2 Å². The maximum atomic E-state index is 12.5. The molecule has 1 aromatic carbocycles. The number of carboxylic acids is 1. The Balaban J connectivity index is 1.20. The Labute approximate surface area is 209 Å². The lowest BCUT2D eigenvalue weighted by Crippen LogP contribution is -2.41. The highest BCUT2D eigenvalue weighted by Crippen LogP contribution is 2.63. The number of benzene rings is 1. The van der Waals surface area contributed by atoms with Crippen LogP contribution < -0.4 is 19.7 Å². The van der Waals surface area contributed by atoms with E-state index in [1.165, 1.54) is 12.3 Å². The molecular formula is C27H30N4O5. The van der Waals surface area contributed by atoms with Gasteiger partial charge < -0.3 is 24.8 Å². The van der Waals surface area contributed by atoms with E-state index >= 15 is 0 Å². The Morgan fingerprint density at radius 2 is 2.11 bits per heavy atom. The standard InChI is InChI=1S/C27H30N4O5/c1-2-35-21-7-3-4-8-22(21)36-18-6-5-13-31(17-18)24-16-28-15-23(29-24)30-25(32)10-12-27-11-9-19(26(33)34)20(27)14-27/h3-4,7-8,10,12,15-16,18H,2,5-6,9,11,13-14,17H2,1H3,(H,33,34)(H,29,30,32)/b12-10+/t18-,27?/m1/s1. The number of hydrogen-bond donors (Lipinski definition) is 2. The Morgan fingerprint density at radius 3 is 2.86 bits per heavy atom. The second-order valence-electron chi connectivity index (χ2n) is 9.39. The smallest absolute Gasteiger partial charge is 0.331 e. The third-order valence-corrected chi connectivity index (χ3v) is 6.98. The lowest BCUT2D eigenvalue weighted by Gasteiger charge is -2.33. The first-order valence-corrected chi connectivity index (χ1v) is 12.4. The van der Waals surface area contributed by atoms with Gasteiger partial charge in [-0.2, -0.15) is 0 Å². The minimum atomic E-state index is -0.849. The molecule has 3 aliphatic rings. The molecule has 2 aliphatic carbocycles. The Bertz CT molecular complexity index is 1230. The van der Waals surface area contributed by atoms with Gasteiger partial charge in [-0.1, -0.05) is 18.2 Å². The zero-order valence-corrected chi connectivity index (χ0v) is 20.3. The number of nitrogens with one attached hydrogen (secondary N) is 1. The van der Waals surface area contributed by atoms with Crippen LogP contribution in [0.1, 0.15) is 39.0 Å². The number of anilines is 2. The number of aliphatic carboxylic acids is 1. The molecule has 0 spiro atoms. The summed E-state index contributed by atoms with van der Waals surface area (Å²) in [6.45, 7) is 3.99. The molecule has 0 radical (unpaired) electrons. The molecule has 1 unspecified atom stereocenters.